The summed E-state index contributed by atoms with van der Waals surface area (Å²) in [5, 5.41) is 9.23. The van der Waals surface area contributed by atoms with Crippen molar-refractivity contribution in [3.05, 3.63) is 88.0 Å². The van der Waals surface area contributed by atoms with Crippen LogP contribution in [0.2, 0.25) is 5.02 Å². The van der Waals surface area contributed by atoms with Crippen LogP contribution in [0, 0.1) is 17.1 Å². The molecule has 0 saturated heterocycles. The quantitative estimate of drug-likeness (QED) is 0.305. The van der Waals surface area contributed by atoms with Crippen LogP contribution >= 0.6 is 11.6 Å². The number of rotatable bonds is 6. The first-order valence-corrected chi connectivity index (χ1v) is 12.2. The highest BCUT2D eigenvalue weighted by Crippen LogP contribution is 2.47. The SMILES string of the molecule is COc1ncc(-c2cc3c(n2C(C)C)C(c2ccc(C#N)cc2)N(c2ccc(F)c(Cl)c2)C3=O)c(OC)n1. The summed E-state index contributed by atoms with van der Waals surface area (Å²) in [7, 11) is 2.98. The van der Waals surface area contributed by atoms with Gasteiger partial charge in [0, 0.05) is 17.9 Å². The standard InChI is InChI=1S/C28H23ClFN5O3/c1-15(2)34-23(20-14-32-28(38-4)33-26(20)37-3)12-19-25(34)24(17-7-5-16(13-31)6-8-17)35(27(19)36)18-9-10-22(30)21(29)11-18/h5-12,14-15,24H,1-4H3. The van der Waals surface area contributed by atoms with E-state index in [-0.39, 0.29) is 23.0 Å². The predicted molar refractivity (Wildman–Crippen MR) is 140 cm³/mol. The molecule has 4 aromatic rings. The van der Waals surface area contributed by atoms with Crippen molar-refractivity contribution in [2.24, 2.45) is 0 Å². The van der Waals surface area contributed by atoms with Crippen molar-refractivity contribution in [3.8, 4) is 29.2 Å². The normalized spacial score (nSPS) is 14.5. The van der Waals surface area contributed by atoms with Crippen LogP contribution in [0.1, 0.15) is 53.1 Å². The first-order chi connectivity index (χ1) is 18.3. The highest BCUT2D eigenvalue weighted by atomic mass is 35.5. The maximum Gasteiger partial charge on any atom is 0.319 e. The van der Waals surface area contributed by atoms with E-state index >= 15 is 0 Å². The smallest absolute Gasteiger partial charge is 0.319 e. The number of ether oxygens (including phenoxy) is 2. The number of carbonyl (C=O) groups excluding carboxylic acids is 1. The lowest BCUT2D eigenvalue weighted by Gasteiger charge is -2.29. The van der Waals surface area contributed by atoms with Crippen molar-refractivity contribution in [3.63, 3.8) is 0 Å². The lowest BCUT2D eigenvalue weighted by Crippen LogP contribution is -2.30. The molecule has 0 aliphatic carbocycles. The van der Waals surface area contributed by atoms with E-state index in [4.69, 9.17) is 21.1 Å². The van der Waals surface area contributed by atoms with Gasteiger partial charge in [0.1, 0.15) is 11.9 Å². The number of halogens is 2. The molecule has 1 atom stereocenters. The molecule has 0 fully saturated rings. The number of methoxy groups -OCH3 is 2. The fraction of sp³-hybridized carbons (Fsp3) is 0.214. The molecule has 0 radical (unpaired) electrons. The van der Waals surface area contributed by atoms with Crippen LogP contribution in [0.25, 0.3) is 11.3 Å². The second kappa shape index (κ2) is 9.80. The topological polar surface area (TPSA) is 93.3 Å². The molecular formula is C28H23ClFN5O3. The molecule has 192 valence electrons. The summed E-state index contributed by atoms with van der Waals surface area (Å²) < 4.78 is 26.8. The Hall–Kier alpha value is -4.42. The van der Waals surface area contributed by atoms with E-state index < -0.39 is 11.9 Å². The van der Waals surface area contributed by atoms with Gasteiger partial charge in [-0.25, -0.2) is 9.37 Å². The van der Waals surface area contributed by atoms with Gasteiger partial charge in [0.05, 0.1) is 53.4 Å². The third-order valence-electron chi connectivity index (χ3n) is 6.48. The number of hydrogen-bond acceptors (Lipinski definition) is 6. The number of carbonyl (C=O) groups is 1. The fourth-order valence-electron chi connectivity index (χ4n) is 4.85. The maximum atomic E-state index is 14.0. The van der Waals surface area contributed by atoms with Gasteiger partial charge in [-0.1, -0.05) is 23.7 Å². The zero-order valence-electron chi connectivity index (χ0n) is 21.1. The van der Waals surface area contributed by atoms with Gasteiger partial charge in [-0.05, 0) is 55.8 Å². The van der Waals surface area contributed by atoms with Crippen LogP contribution in [0.5, 0.6) is 11.9 Å². The van der Waals surface area contributed by atoms with E-state index in [9.17, 15) is 14.4 Å². The molecular weight excluding hydrogens is 509 g/mol. The number of amides is 1. The number of benzene rings is 2. The van der Waals surface area contributed by atoms with Crippen molar-refractivity contribution in [1.82, 2.24) is 14.5 Å². The molecule has 1 aliphatic heterocycles. The predicted octanol–water partition coefficient (Wildman–Crippen LogP) is 5.96. The van der Waals surface area contributed by atoms with E-state index in [2.05, 4.69) is 20.6 Å². The minimum absolute atomic E-state index is 0.0778. The Labute approximate surface area is 223 Å². The van der Waals surface area contributed by atoms with Gasteiger partial charge in [-0.15, -0.1) is 0 Å². The average molecular weight is 532 g/mol. The van der Waals surface area contributed by atoms with Gasteiger partial charge < -0.3 is 14.0 Å². The average Bonchev–Trinajstić information content (AvgIpc) is 3.45. The van der Waals surface area contributed by atoms with Crippen molar-refractivity contribution in [1.29, 1.82) is 5.26 Å². The third kappa shape index (κ3) is 4.03. The summed E-state index contributed by atoms with van der Waals surface area (Å²) >= 11 is 6.11. The van der Waals surface area contributed by atoms with Crippen LogP contribution < -0.4 is 14.4 Å². The van der Waals surface area contributed by atoms with Crippen molar-refractivity contribution in [2.75, 3.05) is 19.1 Å². The van der Waals surface area contributed by atoms with Crippen LogP contribution in [0.15, 0.2) is 54.7 Å². The van der Waals surface area contributed by atoms with Crippen LogP contribution in [0.3, 0.4) is 0 Å². The fourth-order valence-corrected chi connectivity index (χ4v) is 5.03. The number of hydrogen-bond donors (Lipinski definition) is 0. The van der Waals surface area contributed by atoms with Crippen molar-refractivity contribution in [2.45, 2.75) is 25.9 Å². The molecule has 1 amide bonds. The number of anilines is 1. The lowest BCUT2D eigenvalue weighted by molar-refractivity contribution is 0.0993. The highest BCUT2D eigenvalue weighted by molar-refractivity contribution is 6.31. The first kappa shape index (κ1) is 25.2. The second-order valence-corrected chi connectivity index (χ2v) is 9.39. The lowest BCUT2D eigenvalue weighted by atomic mass is 10.0. The third-order valence-corrected chi connectivity index (χ3v) is 6.77. The van der Waals surface area contributed by atoms with Gasteiger partial charge >= 0.3 is 6.01 Å². The molecule has 5 rings (SSSR count). The molecule has 10 heteroatoms. The molecule has 2 aromatic heterocycles. The Kier molecular flexibility index (Phi) is 6.51. The molecule has 1 unspecified atom stereocenters. The van der Waals surface area contributed by atoms with E-state index in [0.29, 0.717) is 34.0 Å². The number of fused-ring (bicyclic) bond motifs is 1. The van der Waals surface area contributed by atoms with E-state index in [1.807, 2.05) is 26.0 Å². The summed E-state index contributed by atoms with van der Waals surface area (Å²) in [6, 6.07) is 14.7. The van der Waals surface area contributed by atoms with Crippen molar-refractivity contribution >= 4 is 23.2 Å². The Bertz CT molecular complexity index is 1590. The summed E-state index contributed by atoms with van der Waals surface area (Å²) in [4.78, 5) is 24.2. The van der Waals surface area contributed by atoms with E-state index in [1.165, 1.54) is 32.4 Å². The summed E-state index contributed by atoms with van der Waals surface area (Å²) in [5.74, 6) is -0.541. The molecule has 0 saturated carbocycles. The number of aromatic nitrogens is 3. The molecule has 3 heterocycles. The van der Waals surface area contributed by atoms with Crippen molar-refractivity contribution < 1.29 is 18.7 Å². The molecule has 0 spiro atoms. The maximum absolute atomic E-state index is 14.0. The van der Waals surface area contributed by atoms with Gasteiger partial charge in [0.2, 0.25) is 5.88 Å². The Morgan fingerprint density at radius 2 is 1.82 bits per heavy atom. The number of nitriles is 1. The Morgan fingerprint density at radius 1 is 1.08 bits per heavy atom. The van der Waals surface area contributed by atoms with Gasteiger partial charge in [0.25, 0.3) is 5.91 Å². The molecule has 2 aromatic carbocycles. The minimum Gasteiger partial charge on any atom is -0.480 e. The molecule has 8 nitrogen and oxygen atoms in total. The van der Waals surface area contributed by atoms with E-state index in [0.717, 1.165) is 11.3 Å². The van der Waals surface area contributed by atoms with Crippen LogP contribution in [0.4, 0.5) is 10.1 Å². The van der Waals surface area contributed by atoms with E-state index in [1.54, 1.807) is 29.3 Å². The highest BCUT2D eigenvalue weighted by Gasteiger charge is 2.43. The van der Waals surface area contributed by atoms with Gasteiger partial charge in [0.15, 0.2) is 0 Å². The molecule has 0 bridgehead atoms. The van der Waals surface area contributed by atoms with Crippen LogP contribution in [-0.4, -0.2) is 34.7 Å². The summed E-state index contributed by atoms with van der Waals surface area (Å²) in [6.45, 7) is 4.02. The second-order valence-electron chi connectivity index (χ2n) is 8.98. The minimum atomic E-state index is -0.576. The van der Waals surface area contributed by atoms with Gasteiger partial charge in [-0.2, -0.15) is 10.2 Å². The molecule has 0 N–H and O–H groups in total. The Balaban J connectivity index is 1.77. The summed E-state index contributed by atoms with van der Waals surface area (Å²) in [6.07, 6.45) is 1.60. The molecule has 1 aliphatic rings. The summed E-state index contributed by atoms with van der Waals surface area (Å²) in [5.41, 5.74) is 4.24. The number of nitrogens with zero attached hydrogens (tertiary/aromatic N) is 5. The zero-order chi connectivity index (χ0) is 27.1. The van der Waals surface area contributed by atoms with Gasteiger partial charge in [-0.3, -0.25) is 9.69 Å². The van der Waals surface area contributed by atoms with Crippen LogP contribution in [-0.2, 0) is 0 Å². The zero-order valence-corrected chi connectivity index (χ0v) is 21.8. The Morgan fingerprint density at radius 3 is 2.42 bits per heavy atom. The monoisotopic (exact) mass is 531 g/mol. The largest absolute Gasteiger partial charge is 0.480 e. The first-order valence-electron chi connectivity index (χ1n) is 11.8. The molecule has 38 heavy (non-hydrogen) atoms.